The fourth-order valence-electron chi connectivity index (χ4n) is 2.84. The van der Waals surface area contributed by atoms with Crippen LogP contribution in [0.5, 0.6) is 11.5 Å². The number of methoxy groups -OCH3 is 2. The molecule has 0 spiro atoms. The molecule has 0 aliphatic carbocycles. The zero-order chi connectivity index (χ0) is 14.8. The number of fused-ring (bicyclic) bond motifs is 1. The van der Waals surface area contributed by atoms with Gasteiger partial charge in [-0.1, -0.05) is 12.1 Å². The summed E-state index contributed by atoms with van der Waals surface area (Å²) < 4.78 is 23.9. The third-order valence-corrected chi connectivity index (χ3v) is 3.90. The standard InChI is InChI=1S/C17H18FNO2/c1-20-15-9-12-7-8-19-17(14(12)10-16(15)21-2)11-3-5-13(18)6-4-11/h3-6,9-10,17,19H,7-8H2,1-2H3/t17-/m0/s1. The molecular formula is C17H18FNO2. The first-order valence-electron chi connectivity index (χ1n) is 6.96. The summed E-state index contributed by atoms with van der Waals surface area (Å²) in [6.45, 7) is 0.879. The van der Waals surface area contributed by atoms with Crippen molar-refractivity contribution < 1.29 is 13.9 Å². The van der Waals surface area contributed by atoms with Gasteiger partial charge in [0.2, 0.25) is 0 Å². The Morgan fingerprint density at radius 3 is 2.38 bits per heavy atom. The van der Waals surface area contributed by atoms with Crippen molar-refractivity contribution in [3.8, 4) is 11.5 Å². The lowest BCUT2D eigenvalue weighted by molar-refractivity contribution is 0.353. The molecule has 0 fully saturated rings. The first-order chi connectivity index (χ1) is 10.2. The predicted molar refractivity (Wildman–Crippen MR) is 79.5 cm³/mol. The second-order valence-corrected chi connectivity index (χ2v) is 5.09. The van der Waals surface area contributed by atoms with Crippen LogP contribution in [0.4, 0.5) is 4.39 Å². The van der Waals surface area contributed by atoms with Crippen LogP contribution in [0.25, 0.3) is 0 Å². The number of ether oxygens (including phenoxy) is 2. The van der Waals surface area contributed by atoms with E-state index in [4.69, 9.17) is 9.47 Å². The number of hydrogen-bond acceptors (Lipinski definition) is 3. The third-order valence-electron chi connectivity index (χ3n) is 3.90. The lowest BCUT2D eigenvalue weighted by Gasteiger charge is -2.28. The maximum atomic E-state index is 13.1. The summed E-state index contributed by atoms with van der Waals surface area (Å²) in [4.78, 5) is 0. The van der Waals surface area contributed by atoms with Crippen molar-refractivity contribution in [3.05, 3.63) is 58.9 Å². The molecule has 0 amide bonds. The molecule has 3 nitrogen and oxygen atoms in total. The molecule has 3 rings (SSSR count). The number of rotatable bonds is 3. The Balaban J connectivity index is 2.06. The molecule has 1 N–H and O–H groups in total. The Kier molecular flexibility index (Phi) is 3.80. The third kappa shape index (κ3) is 2.59. The Labute approximate surface area is 123 Å². The summed E-state index contributed by atoms with van der Waals surface area (Å²) in [5.41, 5.74) is 3.44. The van der Waals surface area contributed by atoms with Crippen molar-refractivity contribution >= 4 is 0 Å². The molecule has 0 bridgehead atoms. The monoisotopic (exact) mass is 287 g/mol. The van der Waals surface area contributed by atoms with E-state index in [0.717, 1.165) is 29.8 Å². The molecule has 21 heavy (non-hydrogen) atoms. The molecule has 0 aromatic heterocycles. The number of benzene rings is 2. The molecule has 0 saturated carbocycles. The minimum atomic E-state index is -0.220. The molecule has 0 unspecified atom stereocenters. The van der Waals surface area contributed by atoms with Gasteiger partial charge in [-0.05, 0) is 47.4 Å². The highest BCUT2D eigenvalue weighted by molar-refractivity contribution is 5.51. The Hall–Kier alpha value is -2.07. The van der Waals surface area contributed by atoms with E-state index in [1.165, 1.54) is 17.7 Å². The Morgan fingerprint density at radius 1 is 1.05 bits per heavy atom. The van der Waals surface area contributed by atoms with Gasteiger partial charge in [-0.15, -0.1) is 0 Å². The zero-order valence-electron chi connectivity index (χ0n) is 12.2. The highest BCUT2D eigenvalue weighted by atomic mass is 19.1. The van der Waals surface area contributed by atoms with E-state index in [1.807, 2.05) is 24.3 Å². The number of nitrogens with one attached hydrogen (secondary N) is 1. The highest BCUT2D eigenvalue weighted by Crippen LogP contribution is 2.37. The predicted octanol–water partition coefficient (Wildman–Crippen LogP) is 3.08. The molecule has 1 aliphatic rings. The number of halogens is 1. The topological polar surface area (TPSA) is 30.5 Å². The van der Waals surface area contributed by atoms with Gasteiger partial charge in [0.05, 0.1) is 20.3 Å². The summed E-state index contributed by atoms with van der Waals surface area (Å²) in [5.74, 6) is 1.24. The lowest BCUT2D eigenvalue weighted by atomic mass is 9.89. The van der Waals surface area contributed by atoms with E-state index in [1.54, 1.807) is 14.2 Å². The van der Waals surface area contributed by atoms with E-state index in [0.29, 0.717) is 5.75 Å². The quantitative estimate of drug-likeness (QED) is 0.941. The van der Waals surface area contributed by atoms with E-state index in [9.17, 15) is 4.39 Å². The van der Waals surface area contributed by atoms with Crippen LogP contribution in [0.15, 0.2) is 36.4 Å². The summed E-state index contributed by atoms with van der Waals surface area (Å²) in [7, 11) is 3.27. The average molecular weight is 287 g/mol. The molecule has 2 aromatic carbocycles. The maximum Gasteiger partial charge on any atom is 0.161 e. The zero-order valence-corrected chi connectivity index (χ0v) is 12.2. The van der Waals surface area contributed by atoms with E-state index < -0.39 is 0 Å². The van der Waals surface area contributed by atoms with Crippen molar-refractivity contribution in [3.63, 3.8) is 0 Å². The summed E-state index contributed by atoms with van der Waals surface area (Å²) >= 11 is 0. The molecule has 1 heterocycles. The van der Waals surface area contributed by atoms with Crippen LogP contribution < -0.4 is 14.8 Å². The first-order valence-corrected chi connectivity index (χ1v) is 6.96. The van der Waals surface area contributed by atoms with Crippen molar-refractivity contribution in [1.29, 1.82) is 0 Å². The fourth-order valence-corrected chi connectivity index (χ4v) is 2.84. The smallest absolute Gasteiger partial charge is 0.161 e. The van der Waals surface area contributed by atoms with Crippen molar-refractivity contribution in [2.75, 3.05) is 20.8 Å². The molecular weight excluding hydrogens is 269 g/mol. The normalized spacial score (nSPS) is 17.2. The van der Waals surface area contributed by atoms with Gasteiger partial charge in [-0.25, -0.2) is 4.39 Å². The van der Waals surface area contributed by atoms with Crippen LogP contribution in [0.3, 0.4) is 0 Å². The molecule has 0 radical (unpaired) electrons. The van der Waals surface area contributed by atoms with Gasteiger partial charge in [-0.2, -0.15) is 0 Å². The highest BCUT2D eigenvalue weighted by Gasteiger charge is 2.23. The van der Waals surface area contributed by atoms with Crippen LogP contribution >= 0.6 is 0 Å². The van der Waals surface area contributed by atoms with Gasteiger partial charge >= 0.3 is 0 Å². The van der Waals surface area contributed by atoms with Crippen LogP contribution in [0.1, 0.15) is 22.7 Å². The van der Waals surface area contributed by atoms with Crippen LogP contribution in [0.2, 0.25) is 0 Å². The number of hydrogen-bond donors (Lipinski definition) is 1. The van der Waals surface area contributed by atoms with Crippen LogP contribution in [0, 0.1) is 5.82 Å². The average Bonchev–Trinajstić information content (AvgIpc) is 2.53. The summed E-state index contributed by atoms with van der Waals surface area (Å²) in [6.07, 6.45) is 0.938. The van der Waals surface area contributed by atoms with Gasteiger partial charge in [0, 0.05) is 6.54 Å². The molecule has 0 saturated heterocycles. The van der Waals surface area contributed by atoms with Gasteiger partial charge in [0.15, 0.2) is 11.5 Å². The molecule has 1 aliphatic heterocycles. The van der Waals surface area contributed by atoms with Gasteiger partial charge < -0.3 is 14.8 Å². The molecule has 2 aromatic rings. The van der Waals surface area contributed by atoms with Crippen molar-refractivity contribution in [2.24, 2.45) is 0 Å². The van der Waals surface area contributed by atoms with Crippen LogP contribution in [-0.2, 0) is 6.42 Å². The molecule has 110 valence electrons. The Bertz CT molecular complexity index is 640. The van der Waals surface area contributed by atoms with Crippen LogP contribution in [-0.4, -0.2) is 20.8 Å². The maximum absolute atomic E-state index is 13.1. The second-order valence-electron chi connectivity index (χ2n) is 5.09. The minimum absolute atomic E-state index is 0.0501. The van der Waals surface area contributed by atoms with E-state index in [-0.39, 0.29) is 11.9 Å². The molecule has 1 atom stereocenters. The van der Waals surface area contributed by atoms with Gasteiger partial charge in [0.1, 0.15) is 5.82 Å². The van der Waals surface area contributed by atoms with Crippen molar-refractivity contribution in [2.45, 2.75) is 12.5 Å². The molecule has 4 heteroatoms. The van der Waals surface area contributed by atoms with E-state index >= 15 is 0 Å². The van der Waals surface area contributed by atoms with Gasteiger partial charge in [0.25, 0.3) is 0 Å². The van der Waals surface area contributed by atoms with E-state index in [2.05, 4.69) is 5.32 Å². The Morgan fingerprint density at radius 2 is 1.71 bits per heavy atom. The van der Waals surface area contributed by atoms with Gasteiger partial charge in [-0.3, -0.25) is 0 Å². The first kappa shape index (κ1) is 13.9. The second kappa shape index (κ2) is 5.74. The minimum Gasteiger partial charge on any atom is -0.493 e. The van der Waals surface area contributed by atoms with Crippen molar-refractivity contribution in [1.82, 2.24) is 5.32 Å². The largest absolute Gasteiger partial charge is 0.493 e. The fraction of sp³-hybridized carbons (Fsp3) is 0.294. The SMILES string of the molecule is COc1cc2c(cc1OC)[C@H](c1ccc(F)cc1)NCC2. The summed E-state index contributed by atoms with van der Waals surface area (Å²) in [5, 5.41) is 3.48. The lowest BCUT2D eigenvalue weighted by Crippen LogP contribution is -2.30. The summed E-state index contributed by atoms with van der Waals surface area (Å²) in [6, 6.07) is 10.7.